The molecular formula is C52H32N4O. The molecule has 0 saturated carbocycles. The van der Waals surface area contributed by atoms with Crippen LogP contribution in [0.1, 0.15) is 0 Å². The largest absolute Gasteiger partial charge is 0.454 e. The van der Waals surface area contributed by atoms with Crippen LogP contribution in [0.2, 0.25) is 0 Å². The predicted molar refractivity (Wildman–Crippen MR) is 234 cm³/mol. The van der Waals surface area contributed by atoms with Gasteiger partial charge in [-0.25, -0.2) is 9.97 Å². The van der Waals surface area contributed by atoms with Crippen molar-refractivity contribution in [3.05, 3.63) is 194 Å². The van der Waals surface area contributed by atoms with Crippen molar-refractivity contribution in [2.45, 2.75) is 0 Å². The number of fused-ring (bicyclic) bond motifs is 9. The van der Waals surface area contributed by atoms with E-state index < -0.39 is 0 Å². The summed E-state index contributed by atoms with van der Waals surface area (Å²) in [5.41, 5.74) is 12.5. The van der Waals surface area contributed by atoms with E-state index in [2.05, 4.69) is 173 Å². The van der Waals surface area contributed by atoms with Crippen LogP contribution in [0.5, 0.6) is 0 Å². The summed E-state index contributed by atoms with van der Waals surface area (Å²) in [6, 6.07) is 68.2. The van der Waals surface area contributed by atoms with E-state index in [-0.39, 0.29) is 0 Å². The molecule has 0 N–H and O–H groups in total. The van der Waals surface area contributed by atoms with Crippen LogP contribution in [-0.2, 0) is 0 Å². The van der Waals surface area contributed by atoms with E-state index >= 15 is 0 Å². The van der Waals surface area contributed by atoms with Crippen LogP contribution in [0.25, 0.3) is 111 Å². The molecule has 266 valence electrons. The zero-order valence-corrected chi connectivity index (χ0v) is 30.7. The van der Waals surface area contributed by atoms with Crippen LogP contribution in [0.15, 0.2) is 199 Å². The Morgan fingerprint density at radius 1 is 0.368 bits per heavy atom. The highest BCUT2D eigenvalue weighted by molar-refractivity contribution is 6.17. The van der Waals surface area contributed by atoms with Crippen molar-refractivity contribution in [3.63, 3.8) is 0 Å². The van der Waals surface area contributed by atoms with Crippen molar-refractivity contribution >= 4 is 65.6 Å². The molecule has 12 aromatic rings. The van der Waals surface area contributed by atoms with E-state index in [1.807, 2.05) is 30.3 Å². The lowest BCUT2D eigenvalue weighted by molar-refractivity contribution is 0.666. The third-order valence-electron chi connectivity index (χ3n) is 11.3. The molecule has 4 heterocycles. The molecule has 0 saturated heterocycles. The molecule has 0 atom stereocenters. The second kappa shape index (κ2) is 12.4. The van der Waals surface area contributed by atoms with Crippen molar-refractivity contribution in [2.75, 3.05) is 0 Å². The molecule has 0 bridgehead atoms. The fourth-order valence-electron chi connectivity index (χ4n) is 8.86. The highest BCUT2D eigenvalue weighted by Crippen LogP contribution is 2.47. The van der Waals surface area contributed by atoms with Gasteiger partial charge in [0.2, 0.25) is 0 Å². The Hall–Kier alpha value is -7.76. The van der Waals surface area contributed by atoms with Gasteiger partial charge >= 0.3 is 0 Å². The van der Waals surface area contributed by atoms with Crippen LogP contribution >= 0.6 is 0 Å². The lowest BCUT2D eigenvalue weighted by atomic mass is 9.99. The predicted octanol–water partition coefficient (Wildman–Crippen LogP) is 13.6. The van der Waals surface area contributed by atoms with E-state index in [1.165, 1.54) is 21.5 Å². The van der Waals surface area contributed by atoms with Crippen LogP contribution in [0.3, 0.4) is 0 Å². The number of rotatable bonds is 5. The lowest BCUT2D eigenvalue weighted by Crippen LogP contribution is -2.06. The van der Waals surface area contributed by atoms with Gasteiger partial charge < -0.3 is 13.6 Å². The average Bonchev–Trinajstić information content (AvgIpc) is 3.94. The van der Waals surface area contributed by atoms with Gasteiger partial charge in [-0.3, -0.25) is 0 Å². The molecule has 0 amide bonds. The smallest absolute Gasteiger partial charge is 0.160 e. The molecule has 5 heteroatoms. The molecule has 0 radical (unpaired) electrons. The Morgan fingerprint density at radius 3 is 1.40 bits per heavy atom. The number of aromatic nitrogens is 4. The molecule has 0 aliphatic rings. The zero-order chi connectivity index (χ0) is 37.5. The summed E-state index contributed by atoms with van der Waals surface area (Å²) in [6.45, 7) is 0. The second-order valence-electron chi connectivity index (χ2n) is 14.5. The van der Waals surface area contributed by atoms with Gasteiger partial charge in [-0.15, -0.1) is 0 Å². The number of nitrogens with zero attached hydrogens (tertiary/aromatic N) is 4. The first-order valence-electron chi connectivity index (χ1n) is 19.3. The third kappa shape index (κ3) is 4.76. The number of furan rings is 1. The summed E-state index contributed by atoms with van der Waals surface area (Å²) in [4.78, 5) is 10.8. The summed E-state index contributed by atoms with van der Waals surface area (Å²) in [7, 11) is 0. The van der Waals surface area contributed by atoms with Crippen molar-refractivity contribution in [1.29, 1.82) is 0 Å². The minimum atomic E-state index is 0.651. The molecule has 5 nitrogen and oxygen atoms in total. The number of para-hydroxylation sites is 5. The Morgan fingerprint density at radius 2 is 0.825 bits per heavy atom. The topological polar surface area (TPSA) is 48.8 Å². The maximum absolute atomic E-state index is 7.07. The van der Waals surface area contributed by atoms with E-state index in [4.69, 9.17) is 14.4 Å². The van der Waals surface area contributed by atoms with E-state index in [0.717, 1.165) is 83.5 Å². The summed E-state index contributed by atoms with van der Waals surface area (Å²) < 4.78 is 11.9. The van der Waals surface area contributed by atoms with Gasteiger partial charge in [0.05, 0.1) is 44.7 Å². The van der Waals surface area contributed by atoms with E-state index in [9.17, 15) is 0 Å². The fourth-order valence-corrected chi connectivity index (χ4v) is 8.86. The molecule has 4 aromatic heterocycles. The van der Waals surface area contributed by atoms with Gasteiger partial charge in [0.1, 0.15) is 11.3 Å². The molecule has 0 aliphatic carbocycles. The molecule has 8 aromatic carbocycles. The summed E-state index contributed by atoms with van der Waals surface area (Å²) in [6.07, 6.45) is 0. The molecule has 12 rings (SSSR count). The van der Waals surface area contributed by atoms with Gasteiger partial charge in [-0.05, 0) is 42.5 Å². The first-order valence-corrected chi connectivity index (χ1v) is 19.3. The summed E-state index contributed by atoms with van der Waals surface area (Å²) in [5, 5.41) is 6.80. The van der Waals surface area contributed by atoms with Gasteiger partial charge in [0, 0.05) is 43.4 Å². The highest BCUT2D eigenvalue weighted by atomic mass is 16.3. The van der Waals surface area contributed by atoms with Crippen molar-refractivity contribution < 1.29 is 4.42 Å². The number of hydrogen-bond acceptors (Lipinski definition) is 3. The first kappa shape index (κ1) is 31.6. The first-order chi connectivity index (χ1) is 28.3. The minimum Gasteiger partial charge on any atom is -0.454 e. The highest BCUT2D eigenvalue weighted by Gasteiger charge is 2.28. The summed E-state index contributed by atoms with van der Waals surface area (Å²) in [5.74, 6) is 0.651. The van der Waals surface area contributed by atoms with Gasteiger partial charge in [-0.2, -0.15) is 0 Å². The van der Waals surface area contributed by atoms with E-state index in [0.29, 0.717) is 5.82 Å². The Kier molecular flexibility index (Phi) is 6.86. The third-order valence-corrected chi connectivity index (χ3v) is 11.3. The van der Waals surface area contributed by atoms with Crippen LogP contribution in [0.4, 0.5) is 0 Å². The standard InChI is InChI=1S/C52H32N4O/c1-3-17-33(18-4-1)41-32-42(54-52(53-41)34-19-5-2-6-20-34)49-47(55-43-26-12-7-21-35(43)36-22-8-13-27-44(36)55)31-40-39-25-11-16-30-48(39)57-51(40)50(49)56-45-28-14-9-23-37(45)38-24-10-15-29-46(38)56/h1-32H. The molecular weight excluding hydrogens is 697 g/mol. The normalized spacial score (nSPS) is 11.9. The van der Waals surface area contributed by atoms with Crippen LogP contribution < -0.4 is 0 Å². The molecule has 0 aliphatic heterocycles. The average molecular weight is 729 g/mol. The Balaban J connectivity index is 1.35. The molecule has 57 heavy (non-hydrogen) atoms. The van der Waals surface area contributed by atoms with Crippen molar-refractivity contribution in [3.8, 4) is 45.3 Å². The maximum atomic E-state index is 7.07. The fraction of sp³-hybridized carbons (Fsp3) is 0. The van der Waals surface area contributed by atoms with Crippen molar-refractivity contribution in [2.24, 2.45) is 0 Å². The second-order valence-corrected chi connectivity index (χ2v) is 14.5. The summed E-state index contributed by atoms with van der Waals surface area (Å²) >= 11 is 0. The monoisotopic (exact) mass is 728 g/mol. The van der Waals surface area contributed by atoms with Crippen molar-refractivity contribution in [1.82, 2.24) is 19.1 Å². The van der Waals surface area contributed by atoms with Gasteiger partial charge in [-0.1, -0.05) is 152 Å². The minimum absolute atomic E-state index is 0.651. The van der Waals surface area contributed by atoms with Gasteiger partial charge in [0.15, 0.2) is 11.4 Å². The van der Waals surface area contributed by atoms with Crippen LogP contribution in [0, 0.1) is 0 Å². The Labute approximate surface area is 327 Å². The molecule has 0 fully saturated rings. The quantitative estimate of drug-likeness (QED) is 0.177. The Bertz CT molecular complexity index is 3360. The van der Waals surface area contributed by atoms with Gasteiger partial charge in [0.25, 0.3) is 0 Å². The number of benzene rings is 8. The zero-order valence-electron chi connectivity index (χ0n) is 30.7. The van der Waals surface area contributed by atoms with E-state index in [1.54, 1.807) is 0 Å². The molecule has 0 spiro atoms. The molecule has 0 unspecified atom stereocenters. The lowest BCUT2D eigenvalue weighted by Gasteiger charge is -2.21. The maximum Gasteiger partial charge on any atom is 0.160 e. The van der Waals surface area contributed by atoms with Crippen LogP contribution in [-0.4, -0.2) is 19.1 Å². The SMILES string of the molecule is c1ccc(-c2cc(-c3c(-n4c5ccccc5c5ccccc54)cc4c(oc5ccccc54)c3-n3c4ccccc4c4ccccc43)nc(-c3ccccc3)n2)cc1. The number of hydrogen-bond donors (Lipinski definition) is 0.